The molecule has 1 amide bonds. The van der Waals surface area contributed by atoms with E-state index >= 15 is 0 Å². The van der Waals surface area contributed by atoms with Crippen LogP contribution >= 0.6 is 11.6 Å². The van der Waals surface area contributed by atoms with Gasteiger partial charge < -0.3 is 5.32 Å². The summed E-state index contributed by atoms with van der Waals surface area (Å²) in [6.45, 7) is 0.0805. The van der Waals surface area contributed by atoms with E-state index in [0.29, 0.717) is 22.5 Å². The van der Waals surface area contributed by atoms with Crippen LogP contribution in [0, 0.1) is 11.6 Å². The van der Waals surface area contributed by atoms with Gasteiger partial charge in [0.2, 0.25) is 0 Å². The molecule has 0 bridgehead atoms. The van der Waals surface area contributed by atoms with Gasteiger partial charge in [0.15, 0.2) is 5.69 Å². The molecule has 0 radical (unpaired) electrons. The van der Waals surface area contributed by atoms with E-state index in [1.807, 2.05) is 0 Å². The second kappa shape index (κ2) is 8.38. The monoisotopic (exact) mass is 425 g/mol. The number of rotatable bonds is 5. The highest BCUT2D eigenvalue weighted by Crippen LogP contribution is 2.25. The van der Waals surface area contributed by atoms with Gasteiger partial charge in [0.05, 0.1) is 5.69 Å². The fourth-order valence-corrected chi connectivity index (χ4v) is 3.12. The van der Waals surface area contributed by atoms with Gasteiger partial charge in [0.1, 0.15) is 17.3 Å². The summed E-state index contributed by atoms with van der Waals surface area (Å²) in [4.78, 5) is 16.9. The van der Waals surface area contributed by atoms with Gasteiger partial charge in [-0.25, -0.2) is 13.5 Å². The number of halogens is 3. The Morgan fingerprint density at radius 3 is 2.40 bits per heavy atom. The molecule has 0 atom stereocenters. The fourth-order valence-electron chi connectivity index (χ4n) is 2.89. The van der Waals surface area contributed by atoms with Crippen molar-refractivity contribution in [2.75, 3.05) is 0 Å². The average Bonchev–Trinajstić information content (AvgIpc) is 3.19. The number of amides is 1. The molecule has 0 fully saturated rings. The number of nitrogens with one attached hydrogen (secondary N) is 1. The van der Waals surface area contributed by atoms with Gasteiger partial charge in [-0.2, -0.15) is 0 Å². The van der Waals surface area contributed by atoms with E-state index in [-0.39, 0.29) is 17.3 Å². The van der Waals surface area contributed by atoms with Crippen LogP contribution in [0.15, 0.2) is 67.0 Å². The summed E-state index contributed by atoms with van der Waals surface area (Å²) >= 11 is 6.02. The van der Waals surface area contributed by atoms with E-state index in [2.05, 4.69) is 20.6 Å². The summed E-state index contributed by atoms with van der Waals surface area (Å²) in [7, 11) is 0. The first-order valence-corrected chi connectivity index (χ1v) is 9.25. The normalized spacial score (nSPS) is 10.8. The van der Waals surface area contributed by atoms with Crippen molar-refractivity contribution < 1.29 is 13.6 Å². The molecule has 30 heavy (non-hydrogen) atoms. The first-order valence-electron chi connectivity index (χ1n) is 8.87. The van der Waals surface area contributed by atoms with Crippen LogP contribution in [0.1, 0.15) is 16.1 Å². The number of carbonyl (C=O) groups excluding carboxylic acids is 1. The quantitative estimate of drug-likeness (QED) is 0.520. The predicted molar refractivity (Wildman–Crippen MR) is 107 cm³/mol. The molecular formula is C21H14ClF2N5O. The summed E-state index contributed by atoms with van der Waals surface area (Å²) in [5.41, 5.74) is 2.25. The van der Waals surface area contributed by atoms with Crippen molar-refractivity contribution in [3.63, 3.8) is 0 Å². The van der Waals surface area contributed by atoms with Gasteiger partial charge in [-0.1, -0.05) is 22.9 Å². The summed E-state index contributed by atoms with van der Waals surface area (Å²) < 4.78 is 28.0. The summed E-state index contributed by atoms with van der Waals surface area (Å²) in [5, 5.41) is 11.0. The lowest BCUT2D eigenvalue weighted by atomic mass is 10.1. The Balaban J connectivity index is 1.69. The van der Waals surface area contributed by atoms with E-state index in [4.69, 9.17) is 11.6 Å². The molecule has 1 N–H and O–H groups in total. The summed E-state index contributed by atoms with van der Waals surface area (Å²) in [6.07, 6.45) is 3.16. The predicted octanol–water partition coefficient (Wildman–Crippen LogP) is 4.19. The topological polar surface area (TPSA) is 72.7 Å². The smallest absolute Gasteiger partial charge is 0.274 e. The van der Waals surface area contributed by atoms with Crippen LogP contribution in [-0.2, 0) is 6.54 Å². The Kier molecular flexibility index (Phi) is 5.49. The minimum absolute atomic E-state index is 0.0729. The molecule has 6 nitrogen and oxygen atoms in total. The van der Waals surface area contributed by atoms with Crippen LogP contribution in [0.25, 0.3) is 16.9 Å². The molecule has 150 valence electrons. The highest BCUT2D eigenvalue weighted by atomic mass is 35.5. The van der Waals surface area contributed by atoms with Crippen molar-refractivity contribution in [2.24, 2.45) is 0 Å². The van der Waals surface area contributed by atoms with E-state index in [0.717, 1.165) is 0 Å². The van der Waals surface area contributed by atoms with Crippen molar-refractivity contribution in [3.8, 4) is 16.9 Å². The second-order valence-electron chi connectivity index (χ2n) is 6.33. The zero-order valence-corrected chi connectivity index (χ0v) is 16.1. The van der Waals surface area contributed by atoms with E-state index < -0.39 is 17.5 Å². The van der Waals surface area contributed by atoms with Gasteiger partial charge in [-0.05, 0) is 54.1 Å². The molecule has 0 spiro atoms. The molecule has 0 aliphatic rings. The average molecular weight is 426 g/mol. The standard InChI is InChI=1S/C21H14ClF2N5O/c22-18-11-16(24)2-1-14(18)12-26-21(30)19-20(13-7-9-25-10-8-13)29(28-27-19)17-5-3-15(23)4-6-17/h1-11H,12H2,(H,26,30). The van der Waals surface area contributed by atoms with Gasteiger partial charge in [0.25, 0.3) is 5.91 Å². The molecule has 9 heteroatoms. The minimum atomic E-state index is -0.490. The number of pyridine rings is 1. The molecule has 2 heterocycles. The van der Waals surface area contributed by atoms with Gasteiger partial charge in [-0.15, -0.1) is 5.10 Å². The summed E-state index contributed by atoms with van der Waals surface area (Å²) in [6, 6.07) is 13.0. The number of hydrogen-bond donors (Lipinski definition) is 1. The van der Waals surface area contributed by atoms with E-state index in [1.165, 1.54) is 47.1 Å². The maximum Gasteiger partial charge on any atom is 0.274 e. The minimum Gasteiger partial charge on any atom is -0.346 e. The highest BCUT2D eigenvalue weighted by Gasteiger charge is 2.22. The van der Waals surface area contributed by atoms with Crippen molar-refractivity contribution in [1.82, 2.24) is 25.3 Å². The molecule has 4 rings (SSSR count). The Hall–Kier alpha value is -3.65. The maximum atomic E-state index is 13.3. The molecule has 0 saturated heterocycles. The molecular weight excluding hydrogens is 412 g/mol. The van der Waals surface area contributed by atoms with Crippen LogP contribution in [0.2, 0.25) is 5.02 Å². The molecule has 0 unspecified atom stereocenters. The number of hydrogen-bond acceptors (Lipinski definition) is 4. The van der Waals surface area contributed by atoms with Gasteiger partial charge >= 0.3 is 0 Å². The Labute approximate surface area is 175 Å². The third-order valence-corrected chi connectivity index (χ3v) is 4.72. The number of nitrogens with zero attached hydrogens (tertiary/aromatic N) is 4. The van der Waals surface area contributed by atoms with Crippen LogP contribution in [-0.4, -0.2) is 25.9 Å². The first kappa shape index (κ1) is 19.7. The van der Waals surface area contributed by atoms with Crippen LogP contribution < -0.4 is 5.32 Å². The van der Waals surface area contributed by atoms with Gasteiger partial charge in [0, 0.05) is 29.5 Å². The lowest BCUT2D eigenvalue weighted by molar-refractivity contribution is 0.0946. The molecule has 2 aromatic carbocycles. The number of aromatic nitrogens is 4. The van der Waals surface area contributed by atoms with Crippen molar-refractivity contribution in [1.29, 1.82) is 0 Å². The van der Waals surface area contributed by atoms with Crippen LogP contribution in [0.5, 0.6) is 0 Å². The largest absolute Gasteiger partial charge is 0.346 e. The van der Waals surface area contributed by atoms with Crippen LogP contribution in [0.3, 0.4) is 0 Å². The number of benzene rings is 2. The Morgan fingerprint density at radius 2 is 1.70 bits per heavy atom. The van der Waals surface area contributed by atoms with Crippen LogP contribution in [0.4, 0.5) is 8.78 Å². The molecule has 2 aromatic heterocycles. The fraction of sp³-hybridized carbons (Fsp3) is 0.0476. The third kappa shape index (κ3) is 4.04. The lowest BCUT2D eigenvalue weighted by Crippen LogP contribution is -2.24. The molecule has 0 aliphatic carbocycles. The zero-order valence-electron chi connectivity index (χ0n) is 15.4. The Morgan fingerprint density at radius 1 is 1.00 bits per heavy atom. The molecule has 0 aliphatic heterocycles. The Bertz CT molecular complexity index is 1200. The van der Waals surface area contributed by atoms with Crippen molar-refractivity contribution in [3.05, 3.63) is 94.9 Å². The van der Waals surface area contributed by atoms with Gasteiger partial charge in [-0.3, -0.25) is 9.78 Å². The molecule has 4 aromatic rings. The van der Waals surface area contributed by atoms with E-state index in [1.54, 1.807) is 24.5 Å². The highest BCUT2D eigenvalue weighted by molar-refractivity contribution is 6.31. The van der Waals surface area contributed by atoms with Crippen molar-refractivity contribution >= 4 is 17.5 Å². The molecule has 0 saturated carbocycles. The zero-order chi connectivity index (χ0) is 21.1. The second-order valence-corrected chi connectivity index (χ2v) is 6.74. The third-order valence-electron chi connectivity index (χ3n) is 4.36. The summed E-state index contributed by atoms with van der Waals surface area (Å²) in [5.74, 6) is -1.34. The van der Waals surface area contributed by atoms with E-state index in [9.17, 15) is 13.6 Å². The van der Waals surface area contributed by atoms with Crippen molar-refractivity contribution in [2.45, 2.75) is 6.54 Å². The number of carbonyl (C=O) groups is 1. The first-order chi connectivity index (χ1) is 14.5. The SMILES string of the molecule is O=C(NCc1ccc(F)cc1Cl)c1nnn(-c2ccc(F)cc2)c1-c1ccncc1. The maximum absolute atomic E-state index is 13.3. The lowest BCUT2D eigenvalue weighted by Gasteiger charge is -2.09.